The van der Waals surface area contributed by atoms with E-state index in [1.54, 1.807) is 0 Å². The molecule has 0 aromatic heterocycles. The lowest BCUT2D eigenvalue weighted by Crippen LogP contribution is -2.50. The largest absolute Gasteiger partial charge is 0.409 e. The molecule has 0 spiro atoms. The number of rotatable bonds is 3. The van der Waals surface area contributed by atoms with Crippen LogP contribution in [0, 0.1) is 8.99 Å². The number of amidine groups is 1. The monoisotopic (exact) mass is 389 g/mol. The zero-order valence-electron chi connectivity index (χ0n) is 10.8. The molecule has 1 aromatic carbocycles. The first-order valence-electron chi connectivity index (χ1n) is 6.21. The van der Waals surface area contributed by atoms with Gasteiger partial charge in [-0.25, -0.2) is 0 Å². The molecule has 1 saturated heterocycles. The minimum absolute atomic E-state index is 0.0659. The Morgan fingerprint density at radius 1 is 1.35 bits per heavy atom. The van der Waals surface area contributed by atoms with Crippen molar-refractivity contribution in [1.82, 2.24) is 0 Å². The molecule has 1 aliphatic rings. The summed E-state index contributed by atoms with van der Waals surface area (Å²) in [6.07, 6.45) is 0.804. The van der Waals surface area contributed by atoms with Gasteiger partial charge in [0.2, 0.25) is 5.91 Å². The van der Waals surface area contributed by atoms with Gasteiger partial charge in [-0.3, -0.25) is 4.79 Å². The van der Waals surface area contributed by atoms with Gasteiger partial charge in [0, 0.05) is 22.5 Å². The first-order valence-corrected chi connectivity index (χ1v) is 7.29. The van der Waals surface area contributed by atoms with Crippen LogP contribution in [-0.2, 0) is 9.53 Å². The summed E-state index contributed by atoms with van der Waals surface area (Å²) in [6.45, 7) is 0.826. The summed E-state index contributed by atoms with van der Waals surface area (Å²) in [5.41, 5.74) is 5.43. The topological polar surface area (TPSA) is 96.9 Å². The minimum atomic E-state index is -1.00. The van der Waals surface area contributed by atoms with Gasteiger partial charge in [0.25, 0.3) is 0 Å². The summed E-state index contributed by atoms with van der Waals surface area (Å²) in [5.74, 6) is -0.332. The molecule has 1 aromatic rings. The van der Waals surface area contributed by atoms with Crippen molar-refractivity contribution in [3.8, 4) is 0 Å². The Kier molecular flexibility index (Phi) is 4.81. The van der Waals surface area contributed by atoms with Crippen molar-refractivity contribution in [3.05, 3.63) is 27.8 Å². The third-order valence-electron chi connectivity index (χ3n) is 3.48. The van der Waals surface area contributed by atoms with Crippen LogP contribution < -0.4 is 11.1 Å². The van der Waals surface area contributed by atoms with E-state index in [0.29, 0.717) is 31.7 Å². The van der Waals surface area contributed by atoms with Crippen LogP contribution in [0.3, 0.4) is 0 Å². The lowest BCUT2D eigenvalue weighted by Gasteiger charge is -2.34. The Hall–Kier alpha value is -1.35. The molecular formula is C13H16IN3O3. The molecule has 0 aliphatic carbocycles. The van der Waals surface area contributed by atoms with Crippen LogP contribution >= 0.6 is 22.6 Å². The Balaban J connectivity index is 2.21. The number of ether oxygens (including phenoxy) is 1. The summed E-state index contributed by atoms with van der Waals surface area (Å²) in [7, 11) is 0. The van der Waals surface area contributed by atoms with Crippen molar-refractivity contribution in [2.45, 2.75) is 12.8 Å². The number of hydrogen-bond donors (Lipinski definition) is 3. The highest BCUT2D eigenvalue weighted by molar-refractivity contribution is 14.1. The van der Waals surface area contributed by atoms with Gasteiger partial charge in [0.05, 0.1) is 0 Å². The summed E-state index contributed by atoms with van der Waals surface area (Å²) < 4.78 is 6.34. The molecule has 1 heterocycles. The predicted octanol–water partition coefficient (Wildman–Crippen LogP) is 1.77. The van der Waals surface area contributed by atoms with Crippen LogP contribution in [0.15, 0.2) is 29.4 Å². The van der Waals surface area contributed by atoms with Gasteiger partial charge in [0.15, 0.2) is 5.84 Å². The highest BCUT2D eigenvalue weighted by atomic mass is 127. The third-order valence-corrected chi connectivity index (χ3v) is 4.20. The fourth-order valence-electron chi connectivity index (χ4n) is 2.20. The number of anilines is 1. The number of carbonyl (C=O) groups is 1. The van der Waals surface area contributed by atoms with Gasteiger partial charge in [-0.05, 0) is 59.7 Å². The average Bonchev–Trinajstić information content (AvgIpc) is 2.49. The first-order chi connectivity index (χ1) is 9.58. The van der Waals surface area contributed by atoms with Crippen LogP contribution in [0.1, 0.15) is 12.8 Å². The van der Waals surface area contributed by atoms with E-state index in [1.807, 2.05) is 24.3 Å². The molecule has 0 atom stereocenters. The molecule has 6 nitrogen and oxygen atoms in total. The van der Waals surface area contributed by atoms with Gasteiger partial charge in [-0.1, -0.05) is 5.16 Å². The van der Waals surface area contributed by atoms with Crippen molar-refractivity contribution in [2.24, 2.45) is 16.3 Å². The van der Waals surface area contributed by atoms with Crippen molar-refractivity contribution in [2.75, 3.05) is 18.5 Å². The van der Waals surface area contributed by atoms with Gasteiger partial charge in [-0.2, -0.15) is 0 Å². The first kappa shape index (κ1) is 15.0. The van der Waals surface area contributed by atoms with Crippen molar-refractivity contribution in [1.29, 1.82) is 0 Å². The second-order valence-electron chi connectivity index (χ2n) is 4.64. The van der Waals surface area contributed by atoms with E-state index in [1.165, 1.54) is 0 Å². The molecule has 1 amide bonds. The van der Waals surface area contributed by atoms with Crippen molar-refractivity contribution < 1.29 is 14.7 Å². The molecule has 2 rings (SSSR count). The van der Waals surface area contributed by atoms with E-state index in [9.17, 15) is 4.79 Å². The highest BCUT2D eigenvalue weighted by Gasteiger charge is 2.44. The second kappa shape index (κ2) is 6.40. The molecule has 7 heteroatoms. The zero-order valence-corrected chi connectivity index (χ0v) is 13.0. The number of benzene rings is 1. The number of oxime groups is 1. The average molecular weight is 389 g/mol. The van der Waals surface area contributed by atoms with Crippen molar-refractivity contribution >= 4 is 40.0 Å². The predicted molar refractivity (Wildman–Crippen MR) is 83.7 cm³/mol. The Morgan fingerprint density at radius 3 is 2.50 bits per heavy atom. The molecule has 108 valence electrons. The van der Waals surface area contributed by atoms with E-state index in [2.05, 4.69) is 33.1 Å². The van der Waals surface area contributed by atoms with E-state index in [0.717, 1.165) is 3.57 Å². The molecule has 4 N–H and O–H groups in total. The van der Waals surface area contributed by atoms with E-state index in [4.69, 9.17) is 15.7 Å². The van der Waals surface area contributed by atoms with E-state index in [-0.39, 0.29) is 11.7 Å². The summed E-state index contributed by atoms with van der Waals surface area (Å²) in [5, 5.41) is 14.8. The van der Waals surface area contributed by atoms with Gasteiger partial charge in [-0.15, -0.1) is 0 Å². The third kappa shape index (κ3) is 3.04. The number of halogens is 1. The fraction of sp³-hybridized carbons (Fsp3) is 0.385. The molecule has 1 aliphatic heterocycles. The number of hydrogen-bond acceptors (Lipinski definition) is 4. The standard InChI is InChI=1S/C13H16IN3O3/c14-9-1-3-10(4-2-9)16-12(18)13(11(15)17-19)5-7-20-8-6-13/h1-4,19H,5-8H2,(H2,15,17)(H,16,18). The van der Waals surface area contributed by atoms with E-state index >= 15 is 0 Å². The highest BCUT2D eigenvalue weighted by Crippen LogP contribution is 2.32. The molecule has 0 bridgehead atoms. The van der Waals surface area contributed by atoms with Crippen molar-refractivity contribution in [3.63, 3.8) is 0 Å². The smallest absolute Gasteiger partial charge is 0.238 e. The Labute approximate surface area is 130 Å². The molecule has 20 heavy (non-hydrogen) atoms. The number of nitrogens with one attached hydrogen (secondary N) is 1. The lowest BCUT2D eigenvalue weighted by molar-refractivity contribution is -0.126. The SMILES string of the molecule is NC(=NO)C1(C(=O)Nc2ccc(I)cc2)CCOCC1. The summed E-state index contributed by atoms with van der Waals surface area (Å²) in [6, 6.07) is 7.44. The summed E-state index contributed by atoms with van der Waals surface area (Å²) >= 11 is 2.19. The maximum absolute atomic E-state index is 12.5. The fourth-order valence-corrected chi connectivity index (χ4v) is 2.56. The second-order valence-corrected chi connectivity index (χ2v) is 5.89. The van der Waals surface area contributed by atoms with Gasteiger partial charge >= 0.3 is 0 Å². The van der Waals surface area contributed by atoms with E-state index < -0.39 is 5.41 Å². The molecule has 0 saturated carbocycles. The van der Waals surface area contributed by atoms with Crippen LogP contribution in [0.25, 0.3) is 0 Å². The molecule has 0 radical (unpaired) electrons. The number of nitrogens with two attached hydrogens (primary N) is 1. The molecular weight excluding hydrogens is 373 g/mol. The Bertz CT molecular complexity index is 510. The molecule has 0 unspecified atom stereocenters. The van der Waals surface area contributed by atoms with Crippen LogP contribution in [0.2, 0.25) is 0 Å². The number of amides is 1. The number of carbonyl (C=O) groups excluding carboxylic acids is 1. The minimum Gasteiger partial charge on any atom is -0.409 e. The maximum Gasteiger partial charge on any atom is 0.238 e. The maximum atomic E-state index is 12.5. The normalized spacial score (nSPS) is 18.6. The van der Waals surface area contributed by atoms with Crippen LogP contribution in [0.5, 0.6) is 0 Å². The molecule has 1 fully saturated rings. The zero-order chi connectivity index (χ0) is 14.6. The van der Waals surface area contributed by atoms with Crippen LogP contribution in [-0.4, -0.2) is 30.2 Å². The van der Waals surface area contributed by atoms with Crippen LogP contribution in [0.4, 0.5) is 5.69 Å². The Morgan fingerprint density at radius 2 is 1.95 bits per heavy atom. The number of nitrogens with zero attached hydrogens (tertiary/aromatic N) is 1. The lowest BCUT2D eigenvalue weighted by atomic mass is 9.78. The van der Waals surface area contributed by atoms with Gasteiger partial charge < -0.3 is 21.0 Å². The summed E-state index contributed by atoms with van der Waals surface area (Å²) in [4.78, 5) is 12.5. The van der Waals surface area contributed by atoms with Gasteiger partial charge in [0.1, 0.15) is 5.41 Å². The quantitative estimate of drug-likeness (QED) is 0.241.